The Labute approximate surface area is 99.6 Å². The van der Waals surface area contributed by atoms with Gasteiger partial charge in [0.25, 0.3) is 0 Å². The predicted molar refractivity (Wildman–Crippen MR) is 60.7 cm³/mol. The van der Waals surface area contributed by atoms with Crippen molar-refractivity contribution in [3.05, 3.63) is 0 Å². The molecular formula is C7H11N3O4S2. The Balaban J connectivity index is 4.03. The van der Waals surface area contributed by atoms with Gasteiger partial charge in [-0.3, -0.25) is 9.59 Å². The largest absolute Gasteiger partial charge is 0.480 e. The normalized spacial score (nSPS) is 15.8. The Morgan fingerprint density at radius 3 is 2.25 bits per heavy atom. The minimum Gasteiger partial charge on any atom is -0.480 e. The van der Waals surface area contributed by atoms with E-state index < -0.39 is 29.3 Å². The van der Waals surface area contributed by atoms with Gasteiger partial charge in [0.15, 0.2) is 0 Å². The summed E-state index contributed by atoms with van der Waals surface area (Å²) in [5, 5.41) is 24.7. The zero-order chi connectivity index (χ0) is 12.7. The first-order chi connectivity index (χ1) is 7.40. The summed E-state index contributed by atoms with van der Waals surface area (Å²) >= 11 is 0. The zero-order valence-corrected chi connectivity index (χ0v) is 9.70. The molecule has 0 bridgehead atoms. The summed E-state index contributed by atoms with van der Waals surface area (Å²) in [7, 11) is 1.92. The first-order valence-corrected chi connectivity index (χ1v) is 6.43. The van der Waals surface area contributed by atoms with Crippen molar-refractivity contribution in [3.63, 3.8) is 0 Å². The lowest BCUT2D eigenvalue weighted by atomic mass is 10.2. The first-order valence-electron chi connectivity index (χ1n) is 4.04. The van der Waals surface area contributed by atoms with E-state index in [1.807, 2.05) is 0 Å². The highest BCUT2D eigenvalue weighted by Gasteiger charge is 2.25. The van der Waals surface area contributed by atoms with Gasteiger partial charge in [-0.2, -0.15) is 5.26 Å². The first kappa shape index (κ1) is 15.0. The molecule has 0 aliphatic heterocycles. The van der Waals surface area contributed by atoms with Gasteiger partial charge in [-0.25, -0.2) is 0 Å². The highest BCUT2D eigenvalue weighted by atomic mass is 33.1. The van der Waals surface area contributed by atoms with E-state index in [4.69, 9.17) is 26.9 Å². The van der Waals surface area contributed by atoms with Crippen molar-refractivity contribution >= 4 is 33.5 Å². The van der Waals surface area contributed by atoms with Crippen LogP contribution in [0.2, 0.25) is 0 Å². The number of aliphatic carboxylic acids is 2. The number of nitrogens with two attached hydrogens (primary N) is 2. The van der Waals surface area contributed by atoms with Crippen LogP contribution in [0.5, 0.6) is 0 Å². The Bertz CT molecular complexity index is 306. The fourth-order valence-electron chi connectivity index (χ4n) is 0.548. The maximum Gasteiger partial charge on any atom is 0.322 e. The molecule has 9 heteroatoms. The van der Waals surface area contributed by atoms with E-state index >= 15 is 0 Å². The van der Waals surface area contributed by atoms with Crippen molar-refractivity contribution in [2.45, 2.75) is 17.3 Å². The van der Waals surface area contributed by atoms with Gasteiger partial charge in [-0.1, -0.05) is 21.6 Å². The zero-order valence-electron chi connectivity index (χ0n) is 8.07. The molecule has 0 aliphatic carbocycles. The molecule has 0 radical (unpaired) electrons. The van der Waals surface area contributed by atoms with E-state index in [-0.39, 0.29) is 5.75 Å². The van der Waals surface area contributed by atoms with Crippen molar-refractivity contribution in [2.75, 3.05) is 5.75 Å². The molecule has 0 fully saturated rings. The smallest absolute Gasteiger partial charge is 0.322 e. The van der Waals surface area contributed by atoms with E-state index in [0.29, 0.717) is 0 Å². The van der Waals surface area contributed by atoms with Crippen molar-refractivity contribution < 1.29 is 19.8 Å². The fraction of sp³-hybridized carbons (Fsp3) is 0.571. The molecule has 0 saturated heterocycles. The molecule has 0 heterocycles. The SMILES string of the molecule is N#CC(SSC[C@H](N)C(=O)O)[C@H](N)C(=O)O. The predicted octanol–water partition coefficient (Wildman–Crippen LogP) is -0.916. The molecule has 16 heavy (non-hydrogen) atoms. The van der Waals surface area contributed by atoms with E-state index in [2.05, 4.69) is 0 Å². The van der Waals surface area contributed by atoms with Crippen LogP contribution in [0.15, 0.2) is 0 Å². The molecular weight excluding hydrogens is 254 g/mol. The van der Waals surface area contributed by atoms with Crippen LogP contribution >= 0.6 is 21.6 Å². The summed E-state index contributed by atoms with van der Waals surface area (Å²) in [4.78, 5) is 20.8. The standard InChI is InChI=1S/C7H11N3O4S2/c8-1-4(5(10)7(13)14)16-15-2-3(9)6(11)12/h3-5H,2,9-10H2,(H,11,12)(H,13,14)/t3-,4?,5-/m0/s1. The number of carboxylic acids is 2. The number of rotatable bonds is 7. The van der Waals surface area contributed by atoms with Gasteiger partial charge in [-0.15, -0.1) is 0 Å². The van der Waals surface area contributed by atoms with Crippen LogP contribution in [-0.2, 0) is 9.59 Å². The van der Waals surface area contributed by atoms with Gasteiger partial charge in [0.1, 0.15) is 17.3 Å². The van der Waals surface area contributed by atoms with E-state index in [0.717, 1.165) is 21.6 Å². The van der Waals surface area contributed by atoms with Crippen LogP contribution in [0.1, 0.15) is 0 Å². The van der Waals surface area contributed by atoms with Gasteiger partial charge in [0, 0.05) is 5.75 Å². The van der Waals surface area contributed by atoms with Gasteiger partial charge in [0.05, 0.1) is 6.07 Å². The van der Waals surface area contributed by atoms with Crippen molar-refractivity contribution in [2.24, 2.45) is 11.5 Å². The second-order valence-corrected chi connectivity index (χ2v) is 5.29. The fourth-order valence-corrected chi connectivity index (χ4v) is 2.95. The van der Waals surface area contributed by atoms with Gasteiger partial charge >= 0.3 is 11.9 Å². The van der Waals surface area contributed by atoms with Crippen molar-refractivity contribution in [1.82, 2.24) is 0 Å². The number of hydrogen-bond acceptors (Lipinski definition) is 7. The third-order valence-electron chi connectivity index (χ3n) is 1.48. The Hall–Kier alpha value is -0.950. The molecule has 0 amide bonds. The Kier molecular flexibility index (Phi) is 6.91. The summed E-state index contributed by atoms with van der Waals surface area (Å²) < 4.78 is 0. The van der Waals surface area contributed by atoms with E-state index in [1.54, 1.807) is 6.07 Å². The lowest BCUT2D eigenvalue weighted by Gasteiger charge is -2.12. The van der Waals surface area contributed by atoms with Gasteiger partial charge in [0.2, 0.25) is 0 Å². The second kappa shape index (κ2) is 7.34. The molecule has 0 rings (SSSR count). The molecule has 0 aromatic carbocycles. The summed E-state index contributed by atoms with van der Waals surface area (Å²) in [6, 6.07) is -0.612. The number of carbonyl (C=O) groups is 2. The molecule has 90 valence electrons. The van der Waals surface area contributed by atoms with Crippen LogP contribution in [0.25, 0.3) is 0 Å². The van der Waals surface area contributed by atoms with Crippen LogP contribution in [0.4, 0.5) is 0 Å². The lowest BCUT2D eigenvalue weighted by molar-refractivity contribution is -0.139. The number of nitriles is 1. The third kappa shape index (κ3) is 5.22. The number of carboxylic acid groups (broad SMARTS) is 2. The molecule has 0 aromatic heterocycles. The minimum absolute atomic E-state index is 0.0739. The molecule has 0 spiro atoms. The van der Waals surface area contributed by atoms with Gasteiger partial charge in [-0.05, 0) is 0 Å². The van der Waals surface area contributed by atoms with Crippen molar-refractivity contribution in [3.8, 4) is 6.07 Å². The molecule has 0 aliphatic rings. The molecule has 3 atom stereocenters. The average molecular weight is 265 g/mol. The van der Waals surface area contributed by atoms with Crippen LogP contribution in [0, 0.1) is 11.3 Å². The van der Waals surface area contributed by atoms with Gasteiger partial charge < -0.3 is 21.7 Å². The second-order valence-electron chi connectivity index (χ2n) is 2.74. The molecule has 0 saturated carbocycles. The Morgan fingerprint density at radius 2 is 1.88 bits per heavy atom. The Morgan fingerprint density at radius 1 is 1.31 bits per heavy atom. The van der Waals surface area contributed by atoms with E-state index in [1.165, 1.54) is 0 Å². The molecule has 1 unspecified atom stereocenters. The monoisotopic (exact) mass is 265 g/mol. The highest BCUT2D eigenvalue weighted by Crippen LogP contribution is 2.28. The third-order valence-corrected chi connectivity index (χ3v) is 4.15. The summed E-state index contributed by atoms with van der Waals surface area (Å²) in [6.07, 6.45) is 0. The summed E-state index contributed by atoms with van der Waals surface area (Å²) in [5.74, 6) is -2.35. The maximum atomic E-state index is 10.5. The summed E-state index contributed by atoms with van der Waals surface area (Å²) in [6.45, 7) is 0. The van der Waals surface area contributed by atoms with Crippen LogP contribution in [-0.4, -0.2) is 45.2 Å². The van der Waals surface area contributed by atoms with E-state index in [9.17, 15) is 9.59 Å². The minimum atomic E-state index is -1.30. The molecule has 6 N–H and O–H groups in total. The highest BCUT2D eigenvalue weighted by molar-refractivity contribution is 8.77. The van der Waals surface area contributed by atoms with Crippen LogP contribution < -0.4 is 11.5 Å². The lowest BCUT2D eigenvalue weighted by Crippen LogP contribution is -2.39. The quantitative estimate of drug-likeness (QED) is 0.428. The summed E-state index contributed by atoms with van der Waals surface area (Å²) in [5.41, 5.74) is 10.5. The number of hydrogen-bond donors (Lipinski definition) is 4. The molecule has 7 nitrogen and oxygen atoms in total. The topological polar surface area (TPSA) is 150 Å². The van der Waals surface area contributed by atoms with Crippen LogP contribution in [0.3, 0.4) is 0 Å². The van der Waals surface area contributed by atoms with Crippen molar-refractivity contribution in [1.29, 1.82) is 5.26 Å². The average Bonchev–Trinajstić information content (AvgIpc) is 2.22. The molecule has 0 aromatic rings. The number of nitrogens with zero attached hydrogens (tertiary/aromatic N) is 1. The maximum absolute atomic E-state index is 10.5.